The number of ether oxygens (including phenoxy) is 1. The van der Waals surface area contributed by atoms with Crippen molar-refractivity contribution < 1.29 is 18.7 Å². The number of carbonyl (C=O) groups is 2. The van der Waals surface area contributed by atoms with E-state index >= 15 is 0 Å². The summed E-state index contributed by atoms with van der Waals surface area (Å²) in [6, 6.07) is 4.18. The molecular formula is C15H16FNO3. The molecule has 1 aromatic carbocycles. The highest BCUT2D eigenvalue weighted by molar-refractivity contribution is 6.22. The summed E-state index contributed by atoms with van der Waals surface area (Å²) in [5.74, 6) is -1.30. The van der Waals surface area contributed by atoms with Crippen LogP contribution in [0.3, 0.4) is 0 Å². The van der Waals surface area contributed by atoms with Gasteiger partial charge in [0, 0.05) is 6.07 Å². The highest BCUT2D eigenvalue weighted by atomic mass is 19.1. The van der Waals surface area contributed by atoms with Crippen LogP contribution in [-0.4, -0.2) is 18.9 Å². The number of hydrogen-bond acceptors (Lipinski definition) is 3. The van der Waals surface area contributed by atoms with Gasteiger partial charge in [-0.15, -0.1) is 0 Å². The number of anilines is 1. The lowest BCUT2D eigenvalue weighted by Gasteiger charge is -2.19. The maximum absolute atomic E-state index is 14.1. The fraction of sp³-hybridized carbons (Fsp3) is 0.467. The van der Waals surface area contributed by atoms with Crippen LogP contribution in [0, 0.1) is 17.7 Å². The fourth-order valence-electron chi connectivity index (χ4n) is 3.20. The van der Waals surface area contributed by atoms with Crippen molar-refractivity contribution >= 4 is 17.5 Å². The molecule has 1 aliphatic heterocycles. The first-order valence-electron chi connectivity index (χ1n) is 6.85. The van der Waals surface area contributed by atoms with Crippen LogP contribution in [0.5, 0.6) is 5.75 Å². The fourth-order valence-corrected chi connectivity index (χ4v) is 3.20. The number of halogens is 1. The second-order valence-electron chi connectivity index (χ2n) is 5.33. The molecule has 0 N–H and O–H groups in total. The standard InChI is InChI=1S/C15H16FNO3/c1-20-9-6-7-13(12(16)8-9)17-14(18)10-4-2-3-5-11(10)15(17)19/h6-8,10-11H,2-5H2,1H3. The molecule has 1 heterocycles. The summed E-state index contributed by atoms with van der Waals surface area (Å²) in [6.45, 7) is 0. The first-order chi connectivity index (χ1) is 9.63. The quantitative estimate of drug-likeness (QED) is 0.780. The van der Waals surface area contributed by atoms with E-state index < -0.39 is 5.82 Å². The number of carbonyl (C=O) groups excluding carboxylic acids is 2. The number of hydrogen-bond donors (Lipinski definition) is 0. The Morgan fingerprint density at radius 3 is 2.25 bits per heavy atom. The Morgan fingerprint density at radius 2 is 1.75 bits per heavy atom. The van der Waals surface area contributed by atoms with Crippen LogP contribution in [-0.2, 0) is 9.59 Å². The molecule has 106 valence electrons. The molecule has 4 nitrogen and oxygen atoms in total. The molecule has 1 aromatic rings. The largest absolute Gasteiger partial charge is 0.497 e. The topological polar surface area (TPSA) is 46.6 Å². The van der Waals surface area contributed by atoms with Gasteiger partial charge in [-0.25, -0.2) is 9.29 Å². The van der Waals surface area contributed by atoms with Gasteiger partial charge in [0.05, 0.1) is 24.6 Å². The van der Waals surface area contributed by atoms with E-state index in [1.807, 2.05) is 0 Å². The minimum absolute atomic E-state index is 0.0372. The van der Waals surface area contributed by atoms with E-state index in [0.717, 1.165) is 30.6 Å². The number of rotatable bonds is 2. The van der Waals surface area contributed by atoms with Crippen molar-refractivity contribution in [3.8, 4) is 5.75 Å². The van der Waals surface area contributed by atoms with Crippen LogP contribution < -0.4 is 9.64 Å². The molecule has 0 spiro atoms. The Balaban J connectivity index is 1.97. The summed E-state index contributed by atoms with van der Waals surface area (Å²) in [7, 11) is 1.44. The highest BCUT2D eigenvalue weighted by Crippen LogP contribution is 2.40. The number of benzene rings is 1. The van der Waals surface area contributed by atoms with Crippen LogP contribution in [0.1, 0.15) is 25.7 Å². The van der Waals surface area contributed by atoms with Crippen molar-refractivity contribution in [3.05, 3.63) is 24.0 Å². The highest BCUT2D eigenvalue weighted by Gasteiger charge is 2.49. The molecule has 2 aliphatic rings. The number of imide groups is 1. The number of fused-ring (bicyclic) bond motifs is 1. The predicted molar refractivity (Wildman–Crippen MR) is 70.9 cm³/mol. The maximum atomic E-state index is 14.1. The van der Waals surface area contributed by atoms with E-state index in [-0.39, 0.29) is 29.3 Å². The molecule has 1 saturated carbocycles. The van der Waals surface area contributed by atoms with Crippen LogP contribution in [0.25, 0.3) is 0 Å². The van der Waals surface area contributed by atoms with Crippen molar-refractivity contribution in [1.29, 1.82) is 0 Å². The number of amides is 2. The van der Waals surface area contributed by atoms with Gasteiger partial charge in [0.2, 0.25) is 11.8 Å². The first kappa shape index (κ1) is 13.1. The van der Waals surface area contributed by atoms with Crippen molar-refractivity contribution in [1.82, 2.24) is 0 Å². The normalized spacial score (nSPS) is 25.8. The van der Waals surface area contributed by atoms with Crippen LogP contribution in [0.2, 0.25) is 0 Å². The van der Waals surface area contributed by atoms with E-state index in [4.69, 9.17) is 4.74 Å². The molecule has 20 heavy (non-hydrogen) atoms. The van der Waals surface area contributed by atoms with Gasteiger partial charge < -0.3 is 4.74 Å². The summed E-state index contributed by atoms with van der Waals surface area (Å²) in [5.41, 5.74) is 0.0372. The second kappa shape index (κ2) is 4.89. The van der Waals surface area contributed by atoms with Crippen molar-refractivity contribution in [2.24, 2.45) is 11.8 Å². The van der Waals surface area contributed by atoms with Crippen LogP contribution in [0.4, 0.5) is 10.1 Å². The minimum Gasteiger partial charge on any atom is -0.497 e. The van der Waals surface area contributed by atoms with E-state index in [1.165, 1.54) is 19.2 Å². The SMILES string of the molecule is COc1ccc(N2C(=O)C3CCCCC3C2=O)c(F)c1. The second-order valence-corrected chi connectivity index (χ2v) is 5.33. The lowest BCUT2D eigenvalue weighted by molar-refractivity contribution is -0.122. The van der Waals surface area contributed by atoms with Gasteiger partial charge in [0.25, 0.3) is 0 Å². The average Bonchev–Trinajstić information content (AvgIpc) is 2.72. The summed E-state index contributed by atoms with van der Waals surface area (Å²) >= 11 is 0. The lowest BCUT2D eigenvalue weighted by atomic mass is 9.81. The van der Waals surface area contributed by atoms with Crippen molar-refractivity contribution in [2.75, 3.05) is 12.0 Å². The Bertz CT molecular complexity index is 548. The van der Waals surface area contributed by atoms with Gasteiger partial charge in [0.1, 0.15) is 5.75 Å². The van der Waals surface area contributed by atoms with Gasteiger partial charge in [-0.3, -0.25) is 9.59 Å². The van der Waals surface area contributed by atoms with E-state index in [1.54, 1.807) is 6.07 Å². The third-order valence-corrected chi connectivity index (χ3v) is 4.24. The molecule has 2 atom stereocenters. The van der Waals surface area contributed by atoms with Crippen molar-refractivity contribution in [2.45, 2.75) is 25.7 Å². The summed E-state index contributed by atoms with van der Waals surface area (Å²) < 4.78 is 19.0. The molecule has 1 aliphatic carbocycles. The molecule has 2 fully saturated rings. The molecule has 2 amide bonds. The van der Waals surface area contributed by atoms with Gasteiger partial charge in [-0.1, -0.05) is 12.8 Å². The Hall–Kier alpha value is -1.91. The Morgan fingerprint density at radius 1 is 1.15 bits per heavy atom. The van der Waals surface area contributed by atoms with E-state index in [2.05, 4.69) is 0 Å². The molecule has 5 heteroatoms. The molecule has 0 radical (unpaired) electrons. The molecule has 2 unspecified atom stereocenters. The molecule has 0 bridgehead atoms. The zero-order valence-corrected chi connectivity index (χ0v) is 11.3. The van der Waals surface area contributed by atoms with Gasteiger partial charge in [0.15, 0.2) is 5.82 Å². The maximum Gasteiger partial charge on any atom is 0.237 e. The summed E-state index contributed by atoms with van der Waals surface area (Å²) in [5, 5.41) is 0. The molecule has 0 aromatic heterocycles. The van der Waals surface area contributed by atoms with Gasteiger partial charge >= 0.3 is 0 Å². The van der Waals surface area contributed by atoms with Gasteiger partial charge in [-0.2, -0.15) is 0 Å². The number of methoxy groups -OCH3 is 1. The smallest absolute Gasteiger partial charge is 0.237 e. The zero-order chi connectivity index (χ0) is 14.3. The van der Waals surface area contributed by atoms with Gasteiger partial charge in [-0.05, 0) is 25.0 Å². The minimum atomic E-state index is -0.607. The first-order valence-corrected chi connectivity index (χ1v) is 6.85. The Labute approximate surface area is 116 Å². The van der Waals surface area contributed by atoms with E-state index in [0.29, 0.717) is 5.75 Å². The lowest BCUT2D eigenvalue weighted by Crippen LogP contribution is -2.31. The number of nitrogens with zero attached hydrogens (tertiary/aromatic N) is 1. The monoisotopic (exact) mass is 277 g/mol. The third-order valence-electron chi connectivity index (χ3n) is 4.24. The van der Waals surface area contributed by atoms with Crippen LogP contribution >= 0.6 is 0 Å². The summed E-state index contributed by atoms with van der Waals surface area (Å²) in [6.07, 6.45) is 3.37. The summed E-state index contributed by atoms with van der Waals surface area (Å²) in [4.78, 5) is 25.8. The zero-order valence-electron chi connectivity index (χ0n) is 11.3. The van der Waals surface area contributed by atoms with Crippen LogP contribution in [0.15, 0.2) is 18.2 Å². The average molecular weight is 277 g/mol. The molecule has 3 rings (SSSR count). The molecule has 1 saturated heterocycles. The third kappa shape index (κ3) is 1.88. The van der Waals surface area contributed by atoms with Crippen molar-refractivity contribution in [3.63, 3.8) is 0 Å². The Kier molecular flexibility index (Phi) is 3.20. The van der Waals surface area contributed by atoms with E-state index in [9.17, 15) is 14.0 Å². The molecular weight excluding hydrogens is 261 g/mol. The predicted octanol–water partition coefficient (Wildman–Crippen LogP) is 2.51.